The van der Waals surface area contributed by atoms with Gasteiger partial charge in [-0.2, -0.15) is 13.2 Å². The molecule has 2 aliphatic rings. The number of rotatable bonds is 12. The summed E-state index contributed by atoms with van der Waals surface area (Å²) in [6, 6.07) is 22.4. The number of ether oxygens (including phenoxy) is 1. The Bertz CT molecular complexity index is 1850. The van der Waals surface area contributed by atoms with Crippen LogP contribution in [0, 0.1) is 18.8 Å². The largest absolute Gasteiger partial charge is 0.472 e. The molecule has 0 radical (unpaired) electrons. The van der Waals surface area contributed by atoms with E-state index in [-0.39, 0.29) is 49.1 Å². The topological polar surface area (TPSA) is 203 Å². The molecule has 14 nitrogen and oxygen atoms in total. The third-order valence-corrected chi connectivity index (χ3v) is 9.63. The normalized spacial score (nSPS) is 16.2. The predicted molar refractivity (Wildman–Crippen MR) is 201 cm³/mol. The van der Waals surface area contributed by atoms with Gasteiger partial charge in [-0.3, -0.25) is 19.8 Å². The van der Waals surface area contributed by atoms with Crippen LogP contribution in [0.5, 0.6) is 0 Å². The summed E-state index contributed by atoms with van der Waals surface area (Å²) in [5.74, 6) is -2.59. The first-order valence-corrected chi connectivity index (χ1v) is 18.2. The summed E-state index contributed by atoms with van der Waals surface area (Å²) in [5, 5.41) is 11.2. The van der Waals surface area contributed by atoms with E-state index in [1.165, 1.54) is 5.43 Å². The lowest BCUT2D eigenvalue weighted by atomic mass is 9.81. The highest BCUT2D eigenvalue weighted by Gasteiger charge is 2.39. The maximum Gasteiger partial charge on any atom is 0.472 e. The highest BCUT2D eigenvalue weighted by atomic mass is 19.4. The van der Waals surface area contributed by atoms with Gasteiger partial charge in [-0.1, -0.05) is 90.4 Å². The van der Waals surface area contributed by atoms with Crippen LogP contribution in [-0.2, 0) is 25.7 Å². The quantitative estimate of drug-likeness (QED) is 0.0601. The van der Waals surface area contributed by atoms with Crippen molar-refractivity contribution >= 4 is 29.7 Å². The number of carbonyl (C=O) groups excluding carboxylic acids is 5. The molecule has 1 fully saturated rings. The van der Waals surface area contributed by atoms with Crippen LogP contribution in [0.25, 0.3) is 21.6 Å². The van der Waals surface area contributed by atoms with Gasteiger partial charge in [0, 0.05) is 29.8 Å². The molecule has 5 amide bonds. The number of alkyl halides is 3. The minimum atomic E-state index is -5.06. The Hall–Kier alpha value is -6.09. The molecule has 0 aromatic heterocycles. The van der Waals surface area contributed by atoms with Gasteiger partial charge in [0.2, 0.25) is 5.91 Å². The summed E-state index contributed by atoms with van der Waals surface area (Å²) in [6.45, 7) is 4.38. The fourth-order valence-corrected chi connectivity index (χ4v) is 6.54. The van der Waals surface area contributed by atoms with Crippen molar-refractivity contribution in [2.75, 3.05) is 19.7 Å². The second kappa shape index (κ2) is 20.6. The van der Waals surface area contributed by atoms with Crippen LogP contribution in [0.2, 0.25) is 0 Å². The summed E-state index contributed by atoms with van der Waals surface area (Å²) >= 11 is 0. The molecule has 5 N–H and O–H groups in total. The molecule has 0 aliphatic heterocycles. The Morgan fingerprint density at radius 2 is 1.48 bits per heavy atom. The molecule has 3 aromatic rings. The van der Waals surface area contributed by atoms with E-state index in [0.717, 1.165) is 46.2 Å². The number of Topliss-reactive ketones (excluding diaryl/α,β-unsaturated/α-hetero) is 1. The molecule has 3 aromatic carbocycles. The number of azide groups is 1. The average Bonchev–Trinajstić information content (AvgIpc) is 3.52. The van der Waals surface area contributed by atoms with Crippen LogP contribution in [0.4, 0.5) is 22.8 Å². The summed E-state index contributed by atoms with van der Waals surface area (Å²) in [7, 11) is 0. The Morgan fingerprint density at radius 1 is 0.875 bits per heavy atom. The number of fused-ring (bicyclic) bond motifs is 3. The van der Waals surface area contributed by atoms with E-state index in [9.17, 15) is 37.1 Å². The van der Waals surface area contributed by atoms with E-state index >= 15 is 0 Å². The van der Waals surface area contributed by atoms with Crippen LogP contribution < -0.4 is 26.8 Å². The van der Waals surface area contributed by atoms with E-state index < -0.39 is 30.2 Å². The lowest BCUT2D eigenvalue weighted by molar-refractivity contribution is -0.174. The monoisotopic (exact) mass is 778 g/mol. The summed E-state index contributed by atoms with van der Waals surface area (Å²) < 4.78 is 41.5. The smallest absolute Gasteiger partial charge is 0.449 e. The Balaban J connectivity index is 0.000000249. The molecule has 1 atom stereocenters. The van der Waals surface area contributed by atoms with Crippen LogP contribution in [0.15, 0.2) is 77.9 Å². The van der Waals surface area contributed by atoms with Crippen molar-refractivity contribution in [2.24, 2.45) is 17.0 Å². The third kappa shape index (κ3) is 12.5. The summed E-state index contributed by atoms with van der Waals surface area (Å²) in [6.07, 6.45) is -2.53. The van der Waals surface area contributed by atoms with Crippen LogP contribution >= 0.6 is 0 Å². The number of hydrogen-bond acceptors (Lipinski definition) is 7. The van der Waals surface area contributed by atoms with Crippen molar-refractivity contribution in [3.8, 4) is 11.1 Å². The van der Waals surface area contributed by atoms with Crippen LogP contribution in [0.3, 0.4) is 0 Å². The first-order valence-electron chi connectivity index (χ1n) is 18.2. The lowest BCUT2D eigenvalue weighted by Crippen LogP contribution is -2.51. The van der Waals surface area contributed by atoms with Gasteiger partial charge in [-0.05, 0) is 78.3 Å². The molecule has 0 heterocycles. The number of amides is 5. The predicted octanol–water partition coefficient (Wildman–Crippen LogP) is 6.49. The molecule has 0 spiro atoms. The van der Waals surface area contributed by atoms with Crippen LogP contribution in [-0.4, -0.2) is 61.6 Å². The van der Waals surface area contributed by atoms with Crippen molar-refractivity contribution < 1.29 is 41.9 Å². The zero-order valence-corrected chi connectivity index (χ0v) is 31.0. The Labute approximate surface area is 321 Å². The zero-order valence-electron chi connectivity index (χ0n) is 31.0. The van der Waals surface area contributed by atoms with Crippen molar-refractivity contribution in [1.29, 1.82) is 0 Å². The maximum absolute atomic E-state index is 12.3. The molecule has 0 bridgehead atoms. The van der Waals surface area contributed by atoms with Crippen molar-refractivity contribution in [3.63, 3.8) is 0 Å². The van der Waals surface area contributed by atoms with E-state index in [1.54, 1.807) is 12.3 Å². The zero-order chi connectivity index (χ0) is 40.7. The number of hydrazine groups is 1. The fraction of sp³-hybridized carbons (Fsp3) is 0.410. The van der Waals surface area contributed by atoms with Gasteiger partial charge >= 0.3 is 24.2 Å². The average molecular weight is 779 g/mol. The van der Waals surface area contributed by atoms with Gasteiger partial charge in [-0.25, -0.2) is 15.0 Å². The van der Waals surface area contributed by atoms with Gasteiger partial charge < -0.3 is 20.7 Å². The number of carbonyl (C=O) groups is 5. The van der Waals surface area contributed by atoms with E-state index in [4.69, 9.17) is 10.3 Å². The Kier molecular flexibility index (Phi) is 15.7. The minimum Gasteiger partial charge on any atom is -0.449 e. The summed E-state index contributed by atoms with van der Waals surface area (Å²) in [4.78, 5) is 61.1. The maximum atomic E-state index is 12.3. The number of benzene rings is 3. The molecule has 298 valence electrons. The molecule has 0 saturated heterocycles. The molecular formula is C39H45F3N8O6. The number of hydrogen-bond donors (Lipinski definition) is 5. The van der Waals surface area contributed by atoms with Crippen molar-refractivity contribution in [2.45, 2.75) is 70.6 Å². The van der Waals surface area contributed by atoms with Gasteiger partial charge in [0.25, 0.3) is 0 Å². The van der Waals surface area contributed by atoms with Gasteiger partial charge in [0.15, 0.2) is 5.78 Å². The molecule has 2 aliphatic carbocycles. The number of urea groups is 1. The second-order valence-electron chi connectivity index (χ2n) is 13.5. The molecular weight excluding hydrogens is 733 g/mol. The SMILES string of the molecule is CC[C@H](NC(=O)OCC1c2ccccc2-c2ccccc21)C(=O)CN=[N+]=[N-].Cc1ccc(CNC(=O)C2CCC(CNC(=O)NNC(=O)C(F)(F)F)CC2)cc1. The molecule has 5 rings (SSSR count). The number of ketones is 1. The fourth-order valence-electron chi connectivity index (χ4n) is 6.54. The van der Waals surface area contributed by atoms with Crippen LogP contribution in [0.1, 0.15) is 67.2 Å². The lowest BCUT2D eigenvalue weighted by Gasteiger charge is -2.28. The number of halogens is 3. The van der Waals surface area contributed by atoms with E-state index in [1.807, 2.05) is 67.6 Å². The third-order valence-electron chi connectivity index (χ3n) is 9.63. The van der Waals surface area contributed by atoms with Gasteiger partial charge in [0.05, 0.1) is 12.6 Å². The van der Waals surface area contributed by atoms with Gasteiger partial charge in [0.1, 0.15) is 6.61 Å². The number of nitrogens with one attached hydrogen (secondary N) is 5. The van der Waals surface area contributed by atoms with Crippen molar-refractivity contribution in [3.05, 3.63) is 105 Å². The molecule has 56 heavy (non-hydrogen) atoms. The number of nitrogens with zero attached hydrogens (tertiary/aromatic N) is 3. The van der Waals surface area contributed by atoms with Gasteiger partial charge in [-0.15, -0.1) is 0 Å². The first kappa shape index (κ1) is 42.6. The number of alkyl carbamates (subject to hydrolysis) is 1. The first-order chi connectivity index (χ1) is 26.8. The number of aryl methyl sites for hydroxylation is 1. The minimum absolute atomic E-state index is 0.00425. The Morgan fingerprint density at radius 3 is 2.05 bits per heavy atom. The molecule has 1 saturated carbocycles. The highest BCUT2D eigenvalue weighted by Crippen LogP contribution is 2.44. The standard InChI is InChI=1S/C20H20N4O3.C19H25F3N4O3/c1-2-18(19(25)11-22-24-21)23-20(26)27-12-17-15-9-5-3-7-13(15)14-8-4-6-10-16(14)17;1-12-2-4-13(5-3-12)10-23-16(27)15-8-6-14(7-9-15)11-24-18(29)26-25-17(28)19(20,21)22/h3-10,17-18H,2,11-12H2,1H3,(H,23,26);2-5,14-15H,6-11H2,1H3,(H,23,27)(H,25,28)(H2,24,26,29)/t18-;/m0./s1. The van der Waals surface area contributed by atoms with E-state index in [0.29, 0.717) is 25.8 Å². The van der Waals surface area contributed by atoms with E-state index in [2.05, 4.69) is 38.1 Å². The highest BCUT2D eigenvalue weighted by molar-refractivity contribution is 5.89. The molecule has 17 heteroatoms. The second-order valence-corrected chi connectivity index (χ2v) is 13.5. The van der Waals surface area contributed by atoms with Crippen molar-refractivity contribution in [1.82, 2.24) is 26.8 Å². The summed E-state index contributed by atoms with van der Waals surface area (Å²) in [5.41, 5.74) is 18.0. The molecule has 0 unspecified atom stereocenters.